The molecule has 0 saturated heterocycles. The molecule has 0 amide bonds. The summed E-state index contributed by atoms with van der Waals surface area (Å²) in [6.45, 7) is 4.08. The van der Waals surface area contributed by atoms with Gasteiger partial charge in [0.25, 0.3) is 7.82 Å². The summed E-state index contributed by atoms with van der Waals surface area (Å²) in [4.78, 5) is 37.9. The van der Waals surface area contributed by atoms with E-state index in [1.807, 2.05) is 21.1 Å². The van der Waals surface area contributed by atoms with Gasteiger partial charge in [0, 0.05) is 12.8 Å². The quantitative estimate of drug-likeness (QED) is 0.0195. The number of carbonyl (C=O) groups excluding carboxylic acids is 2. The van der Waals surface area contributed by atoms with Crippen LogP contribution in [0.5, 0.6) is 0 Å². The number of likely N-dealkylation sites (N-methyl/N-ethyl adjacent to an activating group) is 1. The summed E-state index contributed by atoms with van der Waals surface area (Å²) in [7, 11) is 1.13. The van der Waals surface area contributed by atoms with Gasteiger partial charge < -0.3 is 27.9 Å². The van der Waals surface area contributed by atoms with Gasteiger partial charge in [-0.1, -0.05) is 226 Å². The SMILES string of the molecule is CC/C=C\C/C=C\C/C=C\C/C=C\C/C=C\C/C=C\CCCCCCC(=O)OC(COC(=O)CCCCCCCCCCCCCC/C=C\C/C=C\C/C=C\CCCCCCC)COP(=O)([O-])OCC[N+](C)(C)C. The maximum atomic E-state index is 12.8. The largest absolute Gasteiger partial charge is 0.756 e. The third-order valence-electron chi connectivity index (χ3n) is 12.3. The van der Waals surface area contributed by atoms with Crippen molar-refractivity contribution in [3.63, 3.8) is 0 Å². The Morgan fingerprint density at radius 3 is 1.15 bits per heavy atom. The van der Waals surface area contributed by atoms with E-state index in [0.717, 1.165) is 103 Å². The summed E-state index contributed by atoms with van der Waals surface area (Å²) in [6, 6.07) is 0. The Balaban J connectivity index is 4.23. The monoisotopic (exact) mass is 1050 g/mol. The molecule has 0 aliphatic carbocycles. The molecule has 0 bridgehead atoms. The molecule has 0 spiro atoms. The highest BCUT2D eigenvalue weighted by Gasteiger charge is 2.21. The van der Waals surface area contributed by atoms with Crippen molar-refractivity contribution in [2.45, 2.75) is 238 Å². The standard InChI is InChI=1S/C64H110NO8P/c1-6-8-10-12-14-16-18-20-22-24-26-28-30-31-32-33-35-36-38-40-42-44-46-48-50-52-54-56-63(66)70-60-62(61-72-74(68,69)71-59-58-65(3,4)5)73-64(67)57-55-53-51-49-47-45-43-41-39-37-34-29-27-25-23-21-19-17-15-13-11-9-7-2/h9,11,15,17-18,20-21,23-24,26-27,29-31,37,39,43,45,62H,6-8,10,12-14,16,19,22,25,28,32-36,38,40-42,44,46-61H2,1-5H3/b11-9-,17-15-,20-18-,23-21-,26-24-,29-27-,31-30-,39-37-,45-43-. The predicted molar refractivity (Wildman–Crippen MR) is 314 cm³/mol. The number of unbranched alkanes of at least 4 members (excludes halogenated alkanes) is 21. The van der Waals surface area contributed by atoms with E-state index in [1.165, 1.54) is 96.3 Å². The summed E-state index contributed by atoms with van der Waals surface area (Å²) in [5.74, 6) is -0.869. The lowest BCUT2D eigenvalue weighted by Gasteiger charge is -2.28. The maximum absolute atomic E-state index is 12.8. The first-order valence-electron chi connectivity index (χ1n) is 29.6. The van der Waals surface area contributed by atoms with Gasteiger partial charge in [-0.15, -0.1) is 0 Å². The summed E-state index contributed by atoms with van der Waals surface area (Å²) in [5.41, 5.74) is 0. The topological polar surface area (TPSA) is 111 Å². The molecule has 0 aliphatic heterocycles. The molecule has 0 aromatic rings. The van der Waals surface area contributed by atoms with E-state index in [1.54, 1.807) is 0 Å². The molecule has 424 valence electrons. The number of hydrogen-bond donors (Lipinski definition) is 0. The lowest BCUT2D eigenvalue weighted by atomic mass is 10.0. The number of rotatable bonds is 53. The van der Waals surface area contributed by atoms with Gasteiger partial charge in [-0.25, -0.2) is 0 Å². The molecule has 0 heterocycles. The maximum Gasteiger partial charge on any atom is 0.306 e. The number of nitrogens with zero attached hydrogens (tertiary/aromatic N) is 1. The van der Waals surface area contributed by atoms with Crippen LogP contribution >= 0.6 is 7.82 Å². The number of hydrogen-bond acceptors (Lipinski definition) is 8. The minimum Gasteiger partial charge on any atom is -0.756 e. The Hall–Kier alpha value is -3.33. The Morgan fingerprint density at radius 2 is 0.770 bits per heavy atom. The highest BCUT2D eigenvalue weighted by molar-refractivity contribution is 7.45. The lowest BCUT2D eigenvalue weighted by Crippen LogP contribution is -2.37. The minimum absolute atomic E-state index is 0.0423. The smallest absolute Gasteiger partial charge is 0.306 e. The van der Waals surface area contributed by atoms with Gasteiger partial charge in [0.05, 0.1) is 27.7 Å². The first-order valence-corrected chi connectivity index (χ1v) is 31.1. The van der Waals surface area contributed by atoms with Crippen LogP contribution in [0.1, 0.15) is 232 Å². The Kier molecular flexibility index (Phi) is 52.0. The van der Waals surface area contributed by atoms with Crippen LogP contribution in [0.4, 0.5) is 0 Å². The molecule has 0 aromatic heterocycles. The zero-order chi connectivity index (χ0) is 54.2. The second-order valence-electron chi connectivity index (χ2n) is 20.6. The van der Waals surface area contributed by atoms with Gasteiger partial charge in [-0.05, 0) is 103 Å². The average Bonchev–Trinajstić information content (AvgIpc) is 3.36. The van der Waals surface area contributed by atoms with Crippen molar-refractivity contribution in [1.82, 2.24) is 0 Å². The highest BCUT2D eigenvalue weighted by Crippen LogP contribution is 2.38. The Morgan fingerprint density at radius 1 is 0.432 bits per heavy atom. The number of esters is 2. The van der Waals surface area contributed by atoms with Crippen molar-refractivity contribution in [2.24, 2.45) is 0 Å². The van der Waals surface area contributed by atoms with Crippen molar-refractivity contribution in [3.8, 4) is 0 Å². The molecule has 0 aliphatic rings. The molecule has 0 N–H and O–H groups in total. The molecule has 10 heteroatoms. The Labute approximate surface area is 455 Å². The molecule has 2 unspecified atom stereocenters. The van der Waals surface area contributed by atoms with E-state index in [9.17, 15) is 19.0 Å². The Bertz CT molecular complexity index is 1620. The fourth-order valence-electron chi connectivity index (χ4n) is 7.72. The van der Waals surface area contributed by atoms with Crippen molar-refractivity contribution >= 4 is 19.8 Å². The van der Waals surface area contributed by atoms with Crippen LogP contribution in [0.2, 0.25) is 0 Å². The van der Waals surface area contributed by atoms with Gasteiger partial charge in [-0.3, -0.25) is 14.2 Å². The second kappa shape index (κ2) is 54.5. The van der Waals surface area contributed by atoms with E-state index in [-0.39, 0.29) is 26.1 Å². The molecule has 0 rings (SSSR count). The number of phosphoric ester groups is 1. The molecule has 0 saturated carbocycles. The molecular weight excluding hydrogens is 942 g/mol. The molecule has 0 radical (unpaired) electrons. The molecular formula is C64H110NO8P. The van der Waals surface area contributed by atoms with E-state index < -0.39 is 32.5 Å². The molecule has 0 fully saturated rings. The third kappa shape index (κ3) is 57.9. The molecule has 2 atom stereocenters. The van der Waals surface area contributed by atoms with Gasteiger partial charge in [0.15, 0.2) is 6.10 Å². The van der Waals surface area contributed by atoms with Crippen molar-refractivity contribution < 1.29 is 42.1 Å². The second-order valence-corrected chi connectivity index (χ2v) is 22.0. The zero-order valence-corrected chi connectivity index (χ0v) is 48.9. The summed E-state index contributed by atoms with van der Waals surface area (Å²) >= 11 is 0. The van der Waals surface area contributed by atoms with Gasteiger partial charge in [-0.2, -0.15) is 0 Å². The highest BCUT2D eigenvalue weighted by atomic mass is 31.2. The molecule has 0 aromatic carbocycles. The summed E-state index contributed by atoms with van der Waals surface area (Å²) in [5, 5.41) is 0. The number of phosphoric acid groups is 1. The third-order valence-corrected chi connectivity index (χ3v) is 13.2. The zero-order valence-electron chi connectivity index (χ0n) is 48.0. The predicted octanol–water partition coefficient (Wildman–Crippen LogP) is 18.0. The summed E-state index contributed by atoms with van der Waals surface area (Å²) < 4.78 is 34.1. The average molecular weight is 1050 g/mol. The molecule has 74 heavy (non-hydrogen) atoms. The van der Waals surface area contributed by atoms with Crippen LogP contribution in [-0.2, 0) is 32.7 Å². The first kappa shape index (κ1) is 70.7. The first-order chi connectivity index (χ1) is 36.0. The number of ether oxygens (including phenoxy) is 2. The number of quaternary nitrogens is 1. The number of carbonyl (C=O) groups is 2. The van der Waals surface area contributed by atoms with E-state index in [2.05, 4.69) is 123 Å². The lowest BCUT2D eigenvalue weighted by molar-refractivity contribution is -0.870. The van der Waals surface area contributed by atoms with Gasteiger partial charge >= 0.3 is 11.9 Å². The van der Waals surface area contributed by atoms with Crippen LogP contribution in [0.15, 0.2) is 109 Å². The van der Waals surface area contributed by atoms with Crippen LogP contribution in [0.3, 0.4) is 0 Å². The van der Waals surface area contributed by atoms with E-state index in [4.69, 9.17) is 18.5 Å². The van der Waals surface area contributed by atoms with Crippen molar-refractivity contribution in [2.75, 3.05) is 47.5 Å². The van der Waals surface area contributed by atoms with Crippen LogP contribution < -0.4 is 4.89 Å². The van der Waals surface area contributed by atoms with Gasteiger partial charge in [0.1, 0.15) is 19.8 Å². The minimum atomic E-state index is -4.65. The fourth-order valence-corrected chi connectivity index (χ4v) is 8.45. The number of allylic oxidation sites excluding steroid dienone is 18. The van der Waals surface area contributed by atoms with Crippen LogP contribution in [0, 0.1) is 0 Å². The van der Waals surface area contributed by atoms with Crippen LogP contribution in [0.25, 0.3) is 0 Å². The molecule has 9 nitrogen and oxygen atoms in total. The van der Waals surface area contributed by atoms with Crippen LogP contribution in [-0.4, -0.2) is 70.0 Å². The van der Waals surface area contributed by atoms with E-state index in [0.29, 0.717) is 17.4 Å². The van der Waals surface area contributed by atoms with Gasteiger partial charge in [0.2, 0.25) is 0 Å². The summed E-state index contributed by atoms with van der Waals surface area (Å²) in [6.07, 6.45) is 75.6. The fraction of sp³-hybridized carbons (Fsp3) is 0.688. The van der Waals surface area contributed by atoms with Crippen molar-refractivity contribution in [1.29, 1.82) is 0 Å². The van der Waals surface area contributed by atoms with E-state index >= 15 is 0 Å². The van der Waals surface area contributed by atoms with Crippen molar-refractivity contribution in [3.05, 3.63) is 109 Å². The normalized spacial score (nSPS) is 14.1.